The maximum Gasteiger partial charge on any atom is 0.313 e. The summed E-state index contributed by atoms with van der Waals surface area (Å²) in [6, 6.07) is 13.4. The molecule has 2 aromatic carbocycles. The van der Waals surface area contributed by atoms with Crippen LogP contribution in [0, 0.1) is 0 Å². The Morgan fingerprint density at radius 3 is 1.92 bits per heavy atom. The number of carbonyl (C=O) groups excluding carboxylic acids is 3. The fourth-order valence-electron chi connectivity index (χ4n) is 1.89. The van der Waals surface area contributed by atoms with Crippen LogP contribution in [-0.2, 0) is 20.9 Å². The van der Waals surface area contributed by atoms with Gasteiger partial charge in [0.25, 0.3) is 0 Å². The molecule has 2 rings (SSSR count). The number of rotatable bonds is 4. The molecule has 0 fully saturated rings. The van der Waals surface area contributed by atoms with E-state index in [0.29, 0.717) is 16.4 Å². The van der Waals surface area contributed by atoms with Gasteiger partial charge in [-0.2, -0.15) is 0 Å². The number of hydrogen-bond acceptors (Lipinski definition) is 3. The Hall–Kier alpha value is -2.86. The van der Waals surface area contributed by atoms with Gasteiger partial charge in [0.05, 0.1) is 0 Å². The Morgan fingerprint density at radius 1 is 0.833 bits per heavy atom. The minimum absolute atomic E-state index is 0.187. The third kappa shape index (κ3) is 5.40. The Balaban J connectivity index is 1.85. The van der Waals surface area contributed by atoms with Gasteiger partial charge in [0.1, 0.15) is 0 Å². The molecule has 0 aliphatic carbocycles. The van der Waals surface area contributed by atoms with Crippen LogP contribution in [0.1, 0.15) is 12.5 Å². The third-order valence-electron chi connectivity index (χ3n) is 3.04. The summed E-state index contributed by atoms with van der Waals surface area (Å²) in [5, 5.41) is 8.22. The second kappa shape index (κ2) is 8.12. The van der Waals surface area contributed by atoms with E-state index in [-0.39, 0.29) is 12.5 Å². The predicted octanol–water partition coefficient (Wildman–Crippen LogP) is 2.55. The molecule has 7 heteroatoms. The summed E-state index contributed by atoms with van der Waals surface area (Å²) >= 11 is 5.78. The molecule has 6 nitrogen and oxygen atoms in total. The molecule has 0 atom stereocenters. The standard InChI is InChI=1S/C17H16ClN3O3/c1-11(22)20-14-6-8-15(9-7-14)21-17(24)16(23)19-10-12-2-4-13(18)5-3-12/h2-9H,10H2,1H3,(H,19,23)(H,20,22)(H,21,24). The lowest BCUT2D eigenvalue weighted by Gasteiger charge is -2.08. The van der Waals surface area contributed by atoms with Crippen molar-refractivity contribution in [2.24, 2.45) is 0 Å². The molecular formula is C17H16ClN3O3. The van der Waals surface area contributed by atoms with Crippen molar-refractivity contribution in [1.82, 2.24) is 5.32 Å². The van der Waals surface area contributed by atoms with E-state index in [1.165, 1.54) is 6.92 Å². The number of amides is 3. The van der Waals surface area contributed by atoms with E-state index in [4.69, 9.17) is 11.6 Å². The van der Waals surface area contributed by atoms with Crippen molar-refractivity contribution in [3.05, 3.63) is 59.1 Å². The monoisotopic (exact) mass is 345 g/mol. The maximum atomic E-state index is 11.8. The van der Waals surface area contributed by atoms with E-state index >= 15 is 0 Å². The van der Waals surface area contributed by atoms with Crippen LogP contribution in [0.15, 0.2) is 48.5 Å². The first kappa shape index (κ1) is 17.5. The molecule has 0 aliphatic heterocycles. The number of hydrogen-bond donors (Lipinski definition) is 3. The molecule has 124 valence electrons. The van der Waals surface area contributed by atoms with Gasteiger partial charge >= 0.3 is 11.8 Å². The topological polar surface area (TPSA) is 87.3 Å². The molecule has 0 saturated carbocycles. The highest BCUT2D eigenvalue weighted by molar-refractivity contribution is 6.39. The minimum Gasteiger partial charge on any atom is -0.344 e. The lowest BCUT2D eigenvalue weighted by molar-refractivity contribution is -0.136. The van der Waals surface area contributed by atoms with E-state index < -0.39 is 11.8 Å². The van der Waals surface area contributed by atoms with Crippen molar-refractivity contribution >= 4 is 40.7 Å². The van der Waals surface area contributed by atoms with Crippen molar-refractivity contribution in [3.8, 4) is 0 Å². The smallest absolute Gasteiger partial charge is 0.313 e. The molecule has 0 unspecified atom stereocenters. The van der Waals surface area contributed by atoms with Crippen LogP contribution in [0.3, 0.4) is 0 Å². The molecule has 2 aromatic rings. The normalized spacial score (nSPS) is 9.92. The second-order valence-corrected chi connectivity index (χ2v) is 5.46. The van der Waals surface area contributed by atoms with Crippen LogP contribution < -0.4 is 16.0 Å². The van der Waals surface area contributed by atoms with Crippen LogP contribution >= 0.6 is 11.6 Å². The Labute approximate surface area is 144 Å². The first-order chi connectivity index (χ1) is 11.4. The van der Waals surface area contributed by atoms with Crippen LogP contribution in [0.5, 0.6) is 0 Å². The SMILES string of the molecule is CC(=O)Nc1ccc(NC(=O)C(=O)NCc2ccc(Cl)cc2)cc1. The summed E-state index contributed by atoms with van der Waals surface area (Å²) in [5.74, 6) is -1.69. The summed E-state index contributed by atoms with van der Waals surface area (Å²) in [6.07, 6.45) is 0. The maximum absolute atomic E-state index is 11.8. The fraction of sp³-hybridized carbons (Fsp3) is 0.118. The van der Waals surface area contributed by atoms with Gasteiger partial charge in [-0.25, -0.2) is 0 Å². The van der Waals surface area contributed by atoms with E-state index in [1.54, 1.807) is 48.5 Å². The Morgan fingerprint density at radius 2 is 1.38 bits per heavy atom. The van der Waals surface area contributed by atoms with Gasteiger partial charge in [-0.15, -0.1) is 0 Å². The van der Waals surface area contributed by atoms with Crippen molar-refractivity contribution in [2.75, 3.05) is 10.6 Å². The van der Waals surface area contributed by atoms with Crippen molar-refractivity contribution in [1.29, 1.82) is 0 Å². The average molecular weight is 346 g/mol. The minimum atomic E-state index is -0.767. The molecule has 24 heavy (non-hydrogen) atoms. The highest BCUT2D eigenvalue weighted by Crippen LogP contribution is 2.13. The van der Waals surface area contributed by atoms with E-state index in [9.17, 15) is 14.4 Å². The molecule has 3 amide bonds. The van der Waals surface area contributed by atoms with Gasteiger partial charge in [-0.1, -0.05) is 23.7 Å². The zero-order valence-corrected chi connectivity index (χ0v) is 13.7. The fourth-order valence-corrected chi connectivity index (χ4v) is 2.02. The van der Waals surface area contributed by atoms with E-state index in [0.717, 1.165) is 5.56 Å². The number of benzene rings is 2. The first-order valence-electron chi connectivity index (χ1n) is 7.15. The van der Waals surface area contributed by atoms with Gasteiger partial charge in [-0.05, 0) is 42.0 Å². The van der Waals surface area contributed by atoms with Gasteiger partial charge in [0, 0.05) is 29.9 Å². The summed E-state index contributed by atoms with van der Waals surface area (Å²) < 4.78 is 0. The van der Waals surface area contributed by atoms with Gasteiger partial charge in [-0.3, -0.25) is 14.4 Å². The molecule has 0 heterocycles. The highest BCUT2D eigenvalue weighted by Gasteiger charge is 2.13. The van der Waals surface area contributed by atoms with E-state index in [2.05, 4.69) is 16.0 Å². The molecule has 3 N–H and O–H groups in total. The van der Waals surface area contributed by atoms with Crippen molar-refractivity contribution in [2.45, 2.75) is 13.5 Å². The Bertz CT molecular complexity index is 743. The summed E-state index contributed by atoms with van der Waals surface area (Å²) in [4.78, 5) is 34.6. The molecule has 0 spiro atoms. The molecule has 0 aromatic heterocycles. The van der Waals surface area contributed by atoms with Gasteiger partial charge < -0.3 is 16.0 Å². The van der Waals surface area contributed by atoms with Crippen LogP contribution in [0.2, 0.25) is 5.02 Å². The molecule has 0 radical (unpaired) electrons. The van der Waals surface area contributed by atoms with Crippen LogP contribution in [0.25, 0.3) is 0 Å². The Kier molecular flexibility index (Phi) is 5.92. The number of anilines is 2. The summed E-state index contributed by atoms with van der Waals surface area (Å²) in [5.41, 5.74) is 1.89. The molecule has 0 aliphatic rings. The molecule has 0 bridgehead atoms. The van der Waals surface area contributed by atoms with Crippen LogP contribution in [0.4, 0.5) is 11.4 Å². The zero-order valence-electron chi connectivity index (χ0n) is 12.9. The summed E-state index contributed by atoms with van der Waals surface area (Å²) in [6.45, 7) is 1.63. The number of halogens is 1. The first-order valence-corrected chi connectivity index (χ1v) is 7.53. The third-order valence-corrected chi connectivity index (χ3v) is 3.29. The van der Waals surface area contributed by atoms with Crippen molar-refractivity contribution in [3.63, 3.8) is 0 Å². The van der Waals surface area contributed by atoms with Gasteiger partial charge in [0.2, 0.25) is 5.91 Å². The van der Waals surface area contributed by atoms with Gasteiger partial charge in [0.15, 0.2) is 0 Å². The lowest BCUT2D eigenvalue weighted by atomic mass is 10.2. The zero-order chi connectivity index (χ0) is 17.5. The summed E-state index contributed by atoms with van der Waals surface area (Å²) in [7, 11) is 0. The van der Waals surface area contributed by atoms with E-state index in [1.807, 2.05) is 0 Å². The molecular weight excluding hydrogens is 330 g/mol. The number of nitrogens with one attached hydrogen (secondary N) is 3. The van der Waals surface area contributed by atoms with Crippen molar-refractivity contribution < 1.29 is 14.4 Å². The largest absolute Gasteiger partial charge is 0.344 e. The highest BCUT2D eigenvalue weighted by atomic mass is 35.5. The lowest BCUT2D eigenvalue weighted by Crippen LogP contribution is -2.34. The van der Waals surface area contributed by atoms with Crippen LogP contribution in [-0.4, -0.2) is 17.7 Å². The predicted molar refractivity (Wildman–Crippen MR) is 92.7 cm³/mol. The second-order valence-electron chi connectivity index (χ2n) is 5.02. The quantitative estimate of drug-likeness (QED) is 0.744. The molecule has 0 saturated heterocycles. The number of carbonyl (C=O) groups is 3. The average Bonchev–Trinajstić information content (AvgIpc) is 2.55.